The van der Waals surface area contributed by atoms with Gasteiger partial charge in [0, 0.05) is 16.7 Å². The topological polar surface area (TPSA) is 38.7 Å². The minimum absolute atomic E-state index is 0.664. The molecule has 182 valence electrons. The molecule has 0 spiro atoms. The second-order valence-electron chi connectivity index (χ2n) is 9.82. The van der Waals surface area contributed by atoms with E-state index in [9.17, 15) is 0 Å². The summed E-state index contributed by atoms with van der Waals surface area (Å²) in [4.78, 5) is 14.8. The highest BCUT2D eigenvalue weighted by molar-refractivity contribution is 6.33. The van der Waals surface area contributed by atoms with Crippen LogP contribution in [0.5, 0.6) is 0 Å². The average molecular weight is 497 g/mol. The molecule has 4 heteroatoms. The second kappa shape index (κ2) is 9.66. The first kappa shape index (κ1) is 23.1. The van der Waals surface area contributed by atoms with E-state index in [1.807, 2.05) is 60.7 Å². The van der Waals surface area contributed by atoms with Gasteiger partial charge in [-0.2, -0.15) is 0 Å². The molecule has 0 aliphatic carbocycles. The van der Waals surface area contributed by atoms with Crippen LogP contribution in [0.2, 0.25) is 0 Å². The summed E-state index contributed by atoms with van der Waals surface area (Å²) >= 11 is 0. The molecule has 7 aromatic rings. The van der Waals surface area contributed by atoms with Crippen LogP contribution in [0.15, 0.2) is 133 Å². The van der Waals surface area contributed by atoms with Crippen LogP contribution in [0, 0.1) is 0 Å². The van der Waals surface area contributed by atoms with E-state index in [2.05, 4.69) is 80.6 Å². The zero-order valence-corrected chi connectivity index (χ0v) is 21.5. The number of aromatic nitrogens is 3. The van der Waals surface area contributed by atoms with Gasteiger partial charge in [-0.25, -0.2) is 15.0 Å². The van der Waals surface area contributed by atoms with Crippen LogP contribution >= 0.6 is 0 Å². The molecule has 39 heavy (non-hydrogen) atoms. The summed E-state index contributed by atoms with van der Waals surface area (Å²) < 4.78 is 0. The van der Waals surface area contributed by atoms with E-state index in [0.717, 1.165) is 27.7 Å². The Labute approximate surface area is 228 Å². The number of hydrogen-bond acceptors (Lipinski definition) is 3. The molecule has 0 aliphatic rings. The third-order valence-electron chi connectivity index (χ3n) is 7.09. The molecule has 0 unspecified atom stereocenters. The summed E-state index contributed by atoms with van der Waals surface area (Å²) in [6.07, 6.45) is 0. The van der Waals surface area contributed by atoms with E-state index in [4.69, 9.17) is 15.0 Å². The van der Waals surface area contributed by atoms with Crippen LogP contribution in [-0.2, 0) is 0 Å². The zero-order valence-electron chi connectivity index (χ0n) is 21.5. The van der Waals surface area contributed by atoms with Crippen molar-refractivity contribution in [3.8, 4) is 45.3 Å². The molecule has 3 nitrogen and oxygen atoms in total. The quantitative estimate of drug-likeness (QED) is 0.192. The Bertz CT molecular complexity index is 1860. The van der Waals surface area contributed by atoms with Crippen molar-refractivity contribution < 1.29 is 0 Å². The predicted octanol–water partition coefficient (Wildman–Crippen LogP) is 7.10. The van der Waals surface area contributed by atoms with Crippen LogP contribution in [-0.4, -0.2) is 22.8 Å². The minimum Gasteiger partial charge on any atom is -0.208 e. The van der Waals surface area contributed by atoms with E-state index >= 15 is 0 Å². The molecule has 6 aromatic carbocycles. The Balaban J connectivity index is 1.48. The fraction of sp³-hybridized carbons (Fsp3) is 0. The van der Waals surface area contributed by atoms with Gasteiger partial charge in [-0.1, -0.05) is 127 Å². The van der Waals surface area contributed by atoms with E-state index in [1.54, 1.807) is 0 Å². The van der Waals surface area contributed by atoms with Gasteiger partial charge < -0.3 is 0 Å². The number of fused-ring (bicyclic) bond motifs is 2. The lowest BCUT2D eigenvalue weighted by Crippen LogP contribution is -2.06. The second-order valence-corrected chi connectivity index (χ2v) is 9.82. The molecule has 0 amide bonds. The fourth-order valence-electron chi connectivity index (χ4n) is 5.32. The molecular weight excluding hydrogens is 473 g/mol. The predicted molar refractivity (Wildman–Crippen MR) is 165 cm³/mol. The first-order chi connectivity index (χ1) is 19.2. The van der Waals surface area contributed by atoms with Crippen molar-refractivity contribution >= 4 is 34.9 Å². The number of benzene rings is 6. The summed E-state index contributed by atoms with van der Waals surface area (Å²) in [5.41, 5.74) is 6.44. The molecule has 7 rings (SSSR count). The molecule has 0 saturated carbocycles. The van der Waals surface area contributed by atoms with Gasteiger partial charge >= 0.3 is 0 Å². The lowest BCUT2D eigenvalue weighted by atomic mass is 9.86. The van der Waals surface area contributed by atoms with Crippen LogP contribution in [0.25, 0.3) is 66.8 Å². The SMILES string of the molecule is Bc1cc(-c2nc(-c3ccccc3)nc(-c3ccccc3)n2)cc(-c2c3ccccc3cc3ccccc23)c1. The molecule has 0 N–H and O–H groups in total. The van der Waals surface area contributed by atoms with Crippen molar-refractivity contribution in [2.45, 2.75) is 0 Å². The standard InChI is InChI=1S/C35H24BN3/c36-29-21-27(32-30-17-9-7-15-25(30)19-26-16-8-10-18-31(26)32)20-28(22-29)35-38-33(23-11-3-1-4-12-23)37-34(39-35)24-13-5-2-6-14-24/h1-22H,36H2. The Morgan fingerprint density at radius 1 is 0.385 bits per heavy atom. The molecule has 0 fully saturated rings. The van der Waals surface area contributed by atoms with Crippen molar-refractivity contribution in [1.29, 1.82) is 0 Å². The van der Waals surface area contributed by atoms with Crippen LogP contribution in [0.3, 0.4) is 0 Å². The maximum Gasteiger partial charge on any atom is 0.164 e. The monoisotopic (exact) mass is 497 g/mol. The van der Waals surface area contributed by atoms with Crippen molar-refractivity contribution in [3.05, 3.63) is 133 Å². The van der Waals surface area contributed by atoms with Crippen molar-refractivity contribution in [3.63, 3.8) is 0 Å². The van der Waals surface area contributed by atoms with Crippen LogP contribution < -0.4 is 5.46 Å². The van der Waals surface area contributed by atoms with Crippen molar-refractivity contribution in [2.75, 3.05) is 0 Å². The number of nitrogens with zero attached hydrogens (tertiary/aromatic N) is 3. The summed E-state index contributed by atoms with van der Waals surface area (Å²) in [5, 5.41) is 4.93. The Morgan fingerprint density at radius 2 is 0.821 bits per heavy atom. The third-order valence-corrected chi connectivity index (χ3v) is 7.09. The Morgan fingerprint density at radius 3 is 1.36 bits per heavy atom. The number of rotatable bonds is 4. The molecule has 0 saturated heterocycles. The highest BCUT2D eigenvalue weighted by atomic mass is 15.0. The Kier molecular flexibility index (Phi) is 5.71. The Hall–Kier alpha value is -5.09. The molecule has 0 atom stereocenters. The third kappa shape index (κ3) is 4.36. The van der Waals surface area contributed by atoms with Crippen molar-refractivity contribution in [2.24, 2.45) is 0 Å². The molecule has 0 aliphatic heterocycles. The summed E-state index contributed by atoms with van der Waals surface area (Å²) in [6.45, 7) is 0. The molecular formula is C35H24BN3. The molecule has 1 aromatic heterocycles. The van der Waals surface area contributed by atoms with E-state index < -0.39 is 0 Å². The normalized spacial score (nSPS) is 11.2. The first-order valence-corrected chi connectivity index (χ1v) is 13.1. The van der Waals surface area contributed by atoms with E-state index in [1.165, 1.54) is 27.1 Å². The molecule has 0 radical (unpaired) electrons. The lowest BCUT2D eigenvalue weighted by molar-refractivity contribution is 1.07. The number of hydrogen-bond donors (Lipinski definition) is 0. The largest absolute Gasteiger partial charge is 0.208 e. The van der Waals surface area contributed by atoms with Crippen molar-refractivity contribution in [1.82, 2.24) is 15.0 Å². The molecule has 0 bridgehead atoms. The van der Waals surface area contributed by atoms with Gasteiger partial charge in [0.05, 0.1) is 0 Å². The highest BCUT2D eigenvalue weighted by Gasteiger charge is 2.15. The van der Waals surface area contributed by atoms with E-state index in [-0.39, 0.29) is 0 Å². The van der Waals surface area contributed by atoms with Gasteiger partial charge in [-0.3, -0.25) is 0 Å². The van der Waals surface area contributed by atoms with Crippen LogP contribution in [0.4, 0.5) is 0 Å². The maximum absolute atomic E-state index is 4.98. The summed E-state index contributed by atoms with van der Waals surface area (Å²) in [5.74, 6) is 1.99. The summed E-state index contributed by atoms with van der Waals surface area (Å²) in [6, 6.07) is 46.4. The van der Waals surface area contributed by atoms with Gasteiger partial charge in [0.2, 0.25) is 0 Å². The summed E-state index contributed by atoms with van der Waals surface area (Å²) in [7, 11) is 2.14. The van der Waals surface area contributed by atoms with Gasteiger partial charge in [-0.15, -0.1) is 0 Å². The van der Waals surface area contributed by atoms with Gasteiger partial charge in [0.25, 0.3) is 0 Å². The van der Waals surface area contributed by atoms with Crippen LogP contribution in [0.1, 0.15) is 0 Å². The van der Waals surface area contributed by atoms with E-state index in [0.29, 0.717) is 17.5 Å². The highest BCUT2D eigenvalue weighted by Crippen LogP contribution is 2.37. The lowest BCUT2D eigenvalue weighted by Gasteiger charge is -2.15. The zero-order chi connectivity index (χ0) is 26.2. The first-order valence-electron chi connectivity index (χ1n) is 13.1. The fourth-order valence-corrected chi connectivity index (χ4v) is 5.32. The van der Waals surface area contributed by atoms with Gasteiger partial charge in [-0.05, 0) is 44.8 Å². The average Bonchev–Trinajstić information content (AvgIpc) is 3.00. The molecule has 1 heterocycles. The minimum atomic E-state index is 0.664. The van der Waals surface area contributed by atoms with Gasteiger partial charge in [0.15, 0.2) is 17.5 Å². The maximum atomic E-state index is 4.98. The van der Waals surface area contributed by atoms with Gasteiger partial charge in [0.1, 0.15) is 7.85 Å². The smallest absolute Gasteiger partial charge is 0.164 e.